The summed E-state index contributed by atoms with van der Waals surface area (Å²) >= 11 is 6.00. The van der Waals surface area contributed by atoms with Gasteiger partial charge in [0, 0.05) is 10.9 Å². The molecule has 0 N–H and O–H groups in total. The number of benzene rings is 2. The number of ether oxygens (including phenoxy) is 1. The molecule has 0 bridgehead atoms. The Labute approximate surface area is 114 Å². The van der Waals surface area contributed by atoms with Crippen molar-refractivity contribution in [2.45, 2.75) is 6.61 Å². The van der Waals surface area contributed by atoms with Gasteiger partial charge in [0.05, 0.1) is 11.3 Å². The second-order valence-electron chi connectivity index (χ2n) is 4.12. The van der Waals surface area contributed by atoms with Crippen molar-refractivity contribution in [3.63, 3.8) is 0 Å². The van der Waals surface area contributed by atoms with Gasteiger partial charge >= 0.3 is 0 Å². The summed E-state index contributed by atoms with van der Waals surface area (Å²) in [6.07, 6.45) is 1.57. The molecule has 2 aromatic carbocycles. The molecule has 3 aromatic rings. The quantitative estimate of drug-likeness (QED) is 0.685. The fourth-order valence-corrected chi connectivity index (χ4v) is 2.07. The molecule has 0 fully saturated rings. The lowest BCUT2D eigenvalue weighted by Crippen LogP contribution is -1.94. The van der Waals surface area contributed by atoms with Crippen molar-refractivity contribution >= 4 is 22.6 Å². The van der Waals surface area contributed by atoms with Crippen LogP contribution in [-0.4, -0.2) is 0 Å². The Balaban J connectivity index is 1.86. The van der Waals surface area contributed by atoms with Crippen LogP contribution >= 0.6 is 11.6 Å². The van der Waals surface area contributed by atoms with Crippen LogP contribution in [0, 0.1) is 5.82 Å². The normalized spacial score (nSPS) is 10.8. The van der Waals surface area contributed by atoms with Crippen LogP contribution in [-0.2, 0) is 6.61 Å². The summed E-state index contributed by atoms with van der Waals surface area (Å²) in [5.74, 6) is 0.294. The molecule has 2 nitrogen and oxygen atoms in total. The van der Waals surface area contributed by atoms with Crippen LogP contribution in [0.4, 0.5) is 4.39 Å². The SMILES string of the molecule is Fc1ccc2occ(COc3ccccc3Cl)c2c1. The summed E-state index contributed by atoms with van der Waals surface area (Å²) < 4.78 is 24.2. The predicted octanol–water partition coefficient (Wildman–Crippen LogP) is 4.80. The minimum absolute atomic E-state index is 0.278. The van der Waals surface area contributed by atoms with Gasteiger partial charge in [-0.15, -0.1) is 0 Å². The molecule has 0 amide bonds. The molecule has 3 rings (SSSR count). The van der Waals surface area contributed by atoms with Gasteiger partial charge < -0.3 is 9.15 Å². The van der Waals surface area contributed by atoms with Gasteiger partial charge in [-0.3, -0.25) is 0 Å². The van der Waals surface area contributed by atoms with E-state index in [1.165, 1.54) is 12.1 Å². The third-order valence-electron chi connectivity index (χ3n) is 2.84. The topological polar surface area (TPSA) is 22.4 Å². The van der Waals surface area contributed by atoms with Gasteiger partial charge in [0.1, 0.15) is 23.8 Å². The van der Waals surface area contributed by atoms with Crippen LogP contribution < -0.4 is 4.74 Å². The third-order valence-corrected chi connectivity index (χ3v) is 3.15. The molecule has 0 saturated carbocycles. The monoisotopic (exact) mass is 276 g/mol. The van der Waals surface area contributed by atoms with Crippen LogP contribution in [0.1, 0.15) is 5.56 Å². The van der Waals surface area contributed by atoms with Crippen LogP contribution in [0.15, 0.2) is 53.1 Å². The molecule has 0 aliphatic heterocycles. The fourth-order valence-electron chi connectivity index (χ4n) is 1.88. The Morgan fingerprint density at radius 3 is 2.84 bits per heavy atom. The lowest BCUT2D eigenvalue weighted by molar-refractivity contribution is 0.306. The molecule has 4 heteroatoms. The molecule has 0 aliphatic carbocycles. The Hall–Kier alpha value is -2.00. The van der Waals surface area contributed by atoms with E-state index < -0.39 is 0 Å². The highest BCUT2D eigenvalue weighted by Crippen LogP contribution is 2.27. The Kier molecular flexibility index (Phi) is 3.13. The molecular formula is C15H10ClFO2. The van der Waals surface area contributed by atoms with Gasteiger partial charge in [0.15, 0.2) is 0 Å². The molecular weight excluding hydrogens is 267 g/mol. The first-order valence-corrected chi connectivity index (χ1v) is 6.15. The fraction of sp³-hybridized carbons (Fsp3) is 0.0667. The van der Waals surface area contributed by atoms with Gasteiger partial charge in [-0.2, -0.15) is 0 Å². The highest BCUT2D eigenvalue weighted by Gasteiger charge is 2.08. The molecule has 0 atom stereocenters. The van der Waals surface area contributed by atoms with Crippen LogP contribution in [0.25, 0.3) is 11.0 Å². The predicted molar refractivity (Wildman–Crippen MR) is 72.0 cm³/mol. The molecule has 0 aliphatic rings. The molecule has 0 spiro atoms. The van der Waals surface area contributed by atoms with E-state index >= 15 is 0 Å². The number of rotatable bonds is 3. The van der Waals surface area contributed by atoms with E-state index in [9.17, 15) is 4.39 Å². The first-order chi connectivity index (χ1) is 9.24. The summed E-state index contributed by atoms with van der Waals surface area (Å²) in [5.41, 5.74) is 1.42. The maximum absolute atomic E-state index is 13.2. The number of para-hydroxylation sites is 1. The zero-order valence-electron chi connectivity index (χ0n) is 9.90. The van der Waals surface area contributed by atoms with Crippen molar-refractivity contribution in [3.8, 4) is 5.75 Å². The van der Waals surface area contributed by atoms with Crippen LogP contribution in [0.2, 0.25) is 5.02 Å². The van der Waals surface area contributed by atoms with Gasteiger partial charge in [-0.1, -0.05) is 23.7 Å². The van der Waals surface area contributed by atoms with Crippen LogP contribution in [0.3, 0.4) is 0 Å². The number of fused-ring (bicyclic) bond motifs is 1. The molecule has 19 heavy (non-hydrogen) atoms. The molecule has 0 unspecified atom stereocenters. The smallest absolute Gasteiger partial charge is 0.138 e. The Morgan fingerprint density at radius 1 is 1.16 bits per heavy atom. The number of halogens is 2. The van der Waals surface area contributed by atoms with Gasteiger partial charge in [0.25, 0.3) is 0 Å². The van der Waals surface area contributed by atoms with Gasteiger partial charge in [-0.25, -0.2) is 4.39 Å². The van der Waals surface area contributed by atoms with Crippen molar-refractivity contribution in [2.75, 3.05) is 0 Å². The van der Waals surface area contributed by atoms with Crippen molar-refractivity contribution in [2.24, 2.45) is 0 Å². The minimum Gasteiger partial charge on any atom is -0.487 e. The lowest BCUT2D eigenvalue weighted by Gasteiger charge is -2.06. The number of furan rings is 1. The first-order valence-electron chi connectivity index (χ1n) is 5.77. The summed E-state index contributed by atoms with van der Waals surface area (Å²) in [6, 6.07) is 11.6. The van der Waals surface area contributed by atoms with E-state index in [-0.39, 0.29) is 12.4 Å². The molecule has 1 heterocycles. The molecule has 1 aromatic heterocycles. The summed E-state index contributed by atoms with van der Waals surface area (Å²) in [7, 11) is 0. The van der Waals surface area contributed by atoms with Crippen molar-refractivity contribution in [1.29, 1.82) is 0 Å². The largest absolute Gasteiger partial charge is 0.487 e. The third kappa shape index (κ3) is 2.42. The second kappa shape index (κ2) is 4.94. The Morgan fingerprint density at radius 2 is 2.00 bits per heavy atom. The Bertz CT molecular complexity index is 721. The van der Waals surface area contributed by atoms with E-state index in [1.54, 1.807) is 24.5 Å². The maximum Gasteiger partial charge on any atom is 0.138 e. The van der Waals surface area contributed by atoms with Crippen molar-refractivity contribution < 1.29 is 13.5 Å². The van der Waals surface area contributed by atoms with E-state index in [1.807, 2.05) is 12.1 Å². The lowest BCUT2D eigenvalue weighted by atomic mass is 10.2. The van der Waals surface area contributed by atoms with Gasteiger partial charge in [-0.05, 0) is 30.3 Å². The molecule has 0 saturated heterocycles. The average Bonchev–Trinajstić information content (AvgIpc) is 2.80. The van der Waals surface area contributed by atoms with Gasteiger partial charge in [0.2, 0.25) is 0 Å². The zero-order chi connectivity index (χ0) is 13.2. The second-order valence-corrected chi connectivity index (χ2v) is 4.53. The van der Waals surface area contributed by atoms with E-state index in [0.717, 1.165) is 5.56 Å². The molecule has 96 valence electrons. The minimum atomic E-state index is -0.298. The summed E-state index contributed by atoms with van der Waals surface area (Å²) in [5, 5.41) is 1.26. The highest BCUT2D eigenvalue weighted by molar-refractivity contribution is 6.32. The highest BCUT2D eigenvalue weighted by atomic mass is 35.5. The maximum atomic E-state index is 13.2. The van der Waals surface area contributed by atoms with Crippen LogP contribution in [0.5, 0.6) is 5.75 Å². The summed E-state index contributed by atoms with van der Waals surface area (Å²) in [4.78, 5) is 0. The standard InChI is InChI=1S/C15H10ClFO2/c16-13-3-1-2-4-15(13)19-9-10-8-18-14-6-5-11(17)7-12(10)14/h1-8H,9H2. The van der Waals surface area contributed by atoms with E-state index in [0.29, 0.717) is 21.7 Å². The number of hydrogen-bond acceptors (Lipinski definition) is 2. The van der Waals surface area contributed by atoms with E-state index in [2.05, 4.69) is 0 Å². The zero-order valence-corrected chi connectivity index (χ0v) is 10.7. The van der Waals surface area contributed by atoms with E-state index in [4.69, 9.17) is 20.8 Å². The molecule has 0 radical (unpaired) electrons. The first kappa shape index (κ1) is 12.1. The summed E-state index contributed by atoms with van der Waals surface area (Å²) in [6.45, 7) is 0.278. The average molecular weight is 277 g/mol. The van der Waals surface area contributed by atoms with Crippen molar-refractivity contribution in [3.05, 3.63) is 65.1 Å². The number of hydrogen-bond donors (Lipinski definition) is 0. The van der Waals surface area contributed by atoms with Crippen molar-refractivity contribution in [1.82, 2.24) is 0 Å².